The lowest BCUT2D eigenvalue weighted by molar-refractivity contribution is 0.169. The van der Waals surface area contributed by atoms with E-state index >= 15 is 0 Å². The first kappa shape index (κ1) is 15.9. The molecule has 0 spiro atoms. The second-order valence-corrected chi connectivity index (χ2v) is 6.52. The van der Waals surface area contributed by atoms with Gasteiger partial charge < -0.3 is 9.63 Å². The van der Waals surface area contributed by atoms with Crippen molar-refractivity contribution < 1.29 is 9.63 Å². The second-order valence-electron chi connectivity index (χ2n) is 6.52. The number of pyridine rings is 1. The number of hydrogen-bond acceptors (Lipinski definition) is 6. The number of rotatable bonds is 4. The number of hydrogen-bond donors (Lipinski definition) is 1. The molecule has 1 aliphatic rings. The van der Waals surface area contributed by atoms with Gasteiger partial charge in [0.05, 0.1) is 12.1 Å². The van der Waals surface area contributed by atoms with E-state index in [9.17, 15) is 5.11 Å². The highest BCUT2D eigenvalue weighted by Crippen LogP contribution is 2.33. The monoisotopic (exact) mass is 336 g/mol. The van der Waals surface area contributed by atoms with Gasteiger partial charge in [0.2, 0.25) is 11.7 Å². The molecule has 1 aromatic carbocycles. The summed E-state index contributed by atoms with van der Waals surface area (Å²) in [7, 11) is 0. The number of β-amino-alcohol motifs (C(OH)–C–C–N with tert-alkyl or cyclic N) is 1. The fourth-order valence-corrected chi connectivity index (χ4v) is 3.31. The van der Waals surface area contributed by atoms with Crippen LogP contribution < -0.4 is 0 Å². The van der Waals surface area contributed by atoms with Crippen LogP contribution in [0.1, 0.15) is 29.5 Å². The minimum absolute atomic E-state index is 0.0822. The van der Waals surface area contributed by atoms with Crippen LogP contribution >= 0.6 is 0 Å². The summed E-state index contributed by atoms with van der Waals surface area (Å²) in [6.07, 6.45) is 3.80. The van der Waals surface area contributed by atoms with Gasteiger partial charge in [-0.1, -0.05) is 35.0 Å². The number of aliphatic hydroxyl groups excluding tert-OH is 1. The maximum absolute atomic E-state index is 10.1. The third-order valence-corrected chi connectivity index (χ3v) is 4.49. The maximum Gasteiger partial charge on any atom is 0.244 e. The molecule has 3 aromatic rings. The Labute approximate surface area is 146 Å². The van der Waals surface area contributed by atoms with Gasteiger partial charge in [0.15, 0.2) is 0 Å². The van der Waals surface area contributed by atoms with Crippen molar-refractivity contribution in [2.24, 2.45) is 0 Å². The Bertz CT molecular complexity index is 849. The molecule has 25 heavy (non-hydrogen) atoms. The molecule has 0 aliphatic carbocycles. The highest BCUT2D eigenvalue weighted by atomic mass is 16.5. The standard InChI is InChI=1S/C19H20N4O2/c1-13-4-2-6-15(8-13)18-21-19(25-22-18)17-9-16(24)12-23(17)11-14-5-3-7-20-10-14/h2-8,10,16-17,24H,9,11-12H2,1H3/t16-,17+/m1/s1. The van der Waals surface area contributed by atoms with Crippen molar-refractivity contribution in [3.05, 3.63) is 65.8 Å². The zero-order valence-electron chi connectivity index (χ0n) is 14.0. The highest BCUT2D eigenvalue weighted by molar-refractivity contribution is 5.55. The Morgan fingerprint density at radius 3 is 3.00 bits per heavy atom. The smallest absolute Gasteiger partial charge is 0.244 e. The number of nitrogens with zero attached hydrogens (tertiary/aromatic N) is 4. The van der Waals surface area contributed by atoms with E-state index in [0.717, 1.165) is 16.7 Å². The Morgan fingerprint density at radius 1 is 1.28 bits per heavy atom. The lowest BCUT2D eigenvalue weighted by Crippen LogP contribution is -2.24. The summed E-state index contributed by atoms with van der Waals surface area (Å²) in [4.78, 5) is 10.9. The van der Waals surface area contributed by atoms with Gasteiger partial charge in [-0.2, -0.15) is 4.98 Å². The molecule has 0 unspecified atom stereocenters. The van der Waals surface area contributed by atoms with E-state index < -0.39 is 6.10 Å². The van der Waals surface area contributed by atoms with Crippen LogP contribution in [-0.4, -0.2) is 37.8 Å². The van der Waals surface area contributed by atoms with Crippen molar-refractivity contribution in [1.29, 1.82) is 0 Å². The quantitative estimate of drug-likeness (QED) is 0.789. The summed E-state index contributed by atoms with van der Waals surface area (Å²) in [5.41, 5.74) is 3.19. The predicted molar refractivity (Wildman–Crippen MR) is 92.5 cm³/mol. The zero-order valence-corrected chi connectivity index (χ0v) is 14.0. The third kappa shape index (κ3) is 3.45. The summed E-state index contributed by atoms with van der Waals surface area (Å²) < 4.78 is 5.53. The van der Waals surface area contributed by atoms with Gasteiger partial charge in [-0.15, -0.1) is 0 Å². The SMILES string of the molecule is Cc1cccc(-c2noc([C@@H]3C[C@@H](O)CN3Cc3cccnc3)n2)c1. The van der Waals surface area contributed by atoms with E-state index in [1.807, 2.05) is 49.5 Å². The van der Waals surface area contributed by atoms with Crippen LogP contribution in [0.3, 0.4) is 0 Å². The van der Waals surface area contributed by atoms with E-state index in [2.05, 4.69) is 20.0 Å². The van der Waals surface area contributed by atoms with Crippen LogP contribution in [0, 0.1) is 6.92 Å². The number of benzene rings is 1. The number of aliphatic hydroxyl groups is 1. The summed E-state index contributed by atoms with van der Waals surface area (Å²) in [5, 5.41) is 14.3. The molecule has 1 aliphatic heterocycles. The van der Waals surface area contributed by atoms with E-state index in [0.29, 0.717) is 31.2 Å². The molecule has 128 valence electrons. The molecule has 1 saturated heterocycles. The first-order chi connectivity index (χ1) is 12.2. The Balaban J connectivity index is 1.57. The Hall–Kier alpha value is -2.57. The van der Waals surface area contributed by atoms with Crippen molar-refractivity contribution in [3.8, 4) is 11.4 Å². The van der Waals surface area contributed by atoms with E-state index in [-0.39, 0.29) is 6.04 Å². The fourth-order valence-electron chi connectivity index (χ4n) is 3.31. The summed E-state index contributed by atoms with van der Waals surface area (Å²) in [6, 6.07) is 11.9. The Morgan fingerprint density at radius 2 is 2.20 bits per heavy atom. The van der Waals surface area contributed by atoms with Crippen LogP contribution in [0.15, 0.2) is 53.3 Å². The first-order valence-electron chi connectivity index (χ1n) is 8.41. The fraction of sp³-hybridized carbons (Fsp3) is 0.316. The topological polar surface area (TPSA) is 75.3 Å². The van der Waals surface area contributed by atoms with Crippen LogP contribution in [0.25, 0.3) is 11.4 Å². The van der Waals surface area contributed by atoms with Crippen molar-refractivity contribution in [2.45, 2.75) is 32.0 Å². The summed E-state index contributed by atoms with van der Waals surface area (Å²) >= 11 is 0. The number of aromatic nitrogens is 3. The van der Waals surface area contributed by atoms with Crippen LogP contribution in [0.4, 0.5) is 0 Å². The van der Waals surface area contributed by atoms with Gasteiger partial charge >= 0.3 is 0 Å². The molecule has 1 fully saturated rings. The Kier molecular flexibility index (Phi) is 4.29. The zero-order chi connectivity index (χ0) is 17.2. The van der Waals surface area contributed by atoms with Gasteiger partial charge in [0, 0.05) is 31.0 Å². The lowest BCUT2D eigenvalue weighted by Gasteiger charge is -2.20. The molecule has 0 saturated carbocycles. The summed E-state index contributed by atoms with van der Waals surface area (Å²) in [5.74, 6) is 1.14. The van der Waals surface area contributed by atoms with E-state index in [1.165, 1.54) is 0 Å². The third-order valence-electron chi connectivity index (χ3n) is 4.49. The molecular weight excluding hydrogens is 316 g/mol. The number of aryl methyl sites for hydroxylation is 1. The van der Waals surface area contributed by atoms with Crippen molar-refractivity contribution in [2.75, 3.05) is 6.54 Å². The largest absolute Gasteiger partial charge is 0.392 e. The predicted octanol–water partition coefficient (Wildman–Crippen LogP) is 2.75. The minimum Gasteiger partial charge on any atom is -0.392 e. The molecule has 0 amide bonds. The second kappa shape index (κ2) is 6.74. The first-order valence-corrected chi connectivity index (χ1v) is 8.41. The van der Waals surface area contributed by atoms with Gasteiger partial charge in [0.25, 0.3) is 0 Å². The van der Waals surface area contributed by atoms with Gasteiger partial charge in [-0.05, 0) is 31.0 Å². The van der Waals surface area contributed by atoms with Crippen molar-refractivity contribution in [3.63, 3.8) is 0 Å². The molecule has 0 radical (unpaired) electrons. The van der Waals surface area contributed by atoms with Gasteiger partial charge in [0.1, 0.15) is 0 Å². The van der Waals surface area contributed by atoms with Gasteiger partial charge in [-0.25, -0.2) is 0 Å². The molecular formula is C19H20N4O2. The molecule has 2 atom stereocenters. The highest BCUT2D eigenvalue weighted by Gasteiger charge is 2.35. The number of likely N-dealkylation sites (tertiary alicyclic amines) is 1. The molecule has 6 nitrogen and oxygen atoms in total. The van der Waals surface area contributed by atoms with Gasteiger partial charge in [-0.3, -0.25) is 9.88 Å². The summed E-state index contributed by atoms with van der Waals surface area (Å²) in [6.45, 7) is 3.31. The average Bonchev–Trinajstić information content (AvgIpc) is 3.22. The molecule has 1 N–H and O–H groups in total. The molecule has 0 bridgehead atoms. The molecule has 6 heteroatoms. The molecule has 2 aromatic heterocycles. The van der Waals surface area contributed by atoms with Crippen LogP contribution in [-0.2, 0) is 6.54 Å². The molecule has 4 rings (SSSR count). The average molecular weight is 336 g/mol. The van der Waals surface area contributed by atoms with E-state index in [1.54, 1.807) is 6.20 Å². The lowest BCUT2D eigenvalue weighted by atomic mass is 10.1. The van der Waals surface area contributed by atoms with Crippen molar-refractivity contribution >= 4 is 0 Å². The normalized spacial score (nSPS) is 20.9. The minimum atomic E-state index is -0.393. The molecule has 3 heterocycles. The van der Waals surface area contributed by atoms with Crippen LogP contribution in [0.2, 0.25) is 0 Å². The van der Waals surface area contributed by atoms with Crippen LogP contribution in [0.5, 0.6) is 0 Å². The maximum atomic E-state index is 10.1. The van der Waals surface area contributed by atoms with E-state index in [4.69, 9.17) is 4.52 Å². The van der Waals surface area contributed by atoms with Crippen molar-refractivity contribution in [1.82, 2.24) is 20.0 Å².